The zero-order valence-corrected chi connectivity index (χ0v) is 13.1. The summed E-state index contributed by atoms with van der Waals surface area (Å²) in [4.78, 5) is 17.0. The minimum Gasteiger partial charge on any atom is -0.468 e. The van der Waals surface area contributed by atoms with Gasteiger partial charge in [-0.15, -0.1) is 0 Å². The average molecular weight is 282 g/mol. The first-order chi connectivity index (χ1) is 9.76. The second kappa shape index (κ2) is 7.99. The van der Waals surface area contributed by atoms with Crippen molar-refractivity contribution in [1.82, 2.24) is 9.80 Å². The second-order valence-electron chi connectivity index (χ2n) is 6.22. The number of hydrogen-bond acceptors (Lipinski definition) is 4. The normalized spacial score (nSPS) is 26.6. The van der Waals surface area contributed by atoms with Gasteiger partial charge in [-0.2, -0.15) is 0 Å². The molecule has 2 unspecified atom stereocenters. The van der Waals surface area contributed by atoms with Crippen LogP contribution in [0.4, 0.5) is 0 Å². The summed E-state index contributed by atoms with van der Waals surface area (Å²) in [5.74, 6) is -0.0438. The quantitative estimate of drug-likeness (QED) is 0.700. The van der Waals surface area contributed by atoms with Crippen LogP contribution in [0.25, 0.3) is 0 Å². The van der Waals surface area contributed by atoms with E-state index >= 15 is 0 Å². The lowest BCUT2D eigenvalue weighted by Crippen LogP contribution is -2.44. The molecule has 0 aromatic carbocycles. The lowest BCUT2D eigenvalue weighted by molar-refractivity contribution is -0.147. The first-order valence-electron chi connectivity index (χ1n) is 8.32. The van der Waals surface area contributed by atoms with Crippen LogP contribution >= 0.6 is 0 Å². The number of likely N-dealkylation sites (tertiary alicyclic amines) is 2. The number of piperidine rings is 1. The van der Waals surface area contributed by atoms with Crippen molar-refractivity contribution < 1.29 is 9.53 Å². The molecule has 0 N–H and O–H groups in total. The molecule has 0 spiro atoms. The average Bonchev–Trinajstić information content (AvgIpc) is 2.98. The fourth-order valence-corrected chi connectivity index (χ4v) is 3.62. The van der Waals surface area contributed by atoms with Gasteiger partial charge in [0.05, 0.1) is 7.11 Å². The van der Waals surface area contributed by atoms with Gasteiger partial charge in [0.25, 0.3) is 0 Å². The number of unbranched alkanes of at least 4 members (excludes halogenated alkanes) is 1. The lowest BCUT2D eigenvalue weighted by Gasteiger charge is -2.33. The van der Waals surface area contributed by atoms with Gasteiger partial charge in [-0.1, -0.05) is 26.2 Å². The van der Waals surface area contributed by atoms with E-state index in [1.54, 1.807) is 0 Å². The van der Waals surface area contributed by atoms with Gasteiger partial charge in [-0.3, -0.25) is 14.6 Å². The van der Waals surface area contributed by atoms with Gasteiger partial charge in [-0.25, -0.2) is 0 Å². The summed E-state index contributed by atoms with van der Waals surface area (Å²) < 4.78 is 5.01. The largest absolute Gasteiger partial charge is 0.468 e. The molecular weight excluding hydrogens is 252 g/mol. The maximum atomic E-state index is 12.0. The molecule has 0 aromatic heterocycles. The molecule has 2 atom stereocenters. The monoisotopic (exact) mass is 282 g/mol. The highest BCUT2D eigenvalue weighted by Gasteiger charge is 2.35. The maximum absolute atomic E-state index is 12.0. The molecule has 2 aliphatic heterocycles. The molecule has 2 heterocycles. The van der Waals surface area contributed by atoms with Crippen molar-refractivity contribution in [3.05, 3.63) is 0 Å². The number of nitrogens with zero attached hydrogens (tertiary/aromatic N) is 2. The van der Waals surface area contributed by atoms with Crippen LogP contribution in [0.5, 0.6) is 0 Å². The molecule has 0 aromatic rings. The first kappa shape index (κ1) is 15.8. The molecular formula is C16H30N2O2. The van der Waals surface area contributed by atoms with E-state index in [-0.39, 0.29) is 12.0 Å². The molecule has 2 aliphatic rings. The van der Waals surface area contributed by atoms with Gasteiger partial charge in [-0.05, 0) is 38.8 Å². The van der Waals surface area contributed by atoms with Crippen molar-refractivity contribution in [2.75, 3.05) is 33.3 Å². The number of methoxy groups -OCH3 is 1. The molecule has 0 saturated carbocycles. The zero-order valence-electron chi connectivity index (χ0n) is 13.1. The molecule has 20 heavy (non-hydrogen) atoms. The van der Waals surface area contributed by atoms with Gasteiger partial charge < -0.3 is 4.74 Å². The molecule has 0 amide bonds. The molecule has 0 bridgehead atoms. The molecule has 4 nitrogen and oxygen atoms in total. The van der Waals surface area contributed by atoms with Crippen LogP contribution in [0.2, 0.25) is 0 Å². The molecule has 0 aliphatic carbocycles. The Bertz CT molecular complexity index is 303. The number of carbonyl (C=O) groups is 1. The van der Waals surface area contributed by atoms with E-state index in [1.807, 2.05) is 0 Å². The first-order valence-corrected chi connectivity index (χ1v) is 8.32. The summed E-state index contributed by atoms with van der Waals surface area (Å²) in [6.45, 7) is 6.76. The summed E-state index contributed by atoms with van der Waals surface area (Å²) in [5, 5.41) is 0. The highest BCUT2D eigenvalue weighted by molar-refractivity contribution is 5.75. The van der Waals surface area contributed by atoms with Crippen LogP contribution in [0.15, 0.2) is 0 Å². The van der Waals surface area contributed by atoms with Crippen molar-refractivity contribution >= 4 is 5.97 Å². The van der Waals surface area contributed by atoms with E-state index < -0.39 is 0 Å². The van der Waals surface area contributed by atoms with Gasteiger partial charge in [0.1, 0.15) is 6.04 Å². The standard InChI is InChI=1S/C16H30N2O2/c1-3-4-8-15(16(19)20-2)18-12-9-14(13-18)17-10-6-5-7-11-17/h14-15H,3-13H2,1-2H3. The summed E-state index contributed by atoms with van der Waals surface area (Å²) in [6, 6.07) is 0.638. The molecule has 2 fully saturated rings. The summed E-state index contributed by atoms with van der Waals surface area (Å²) in [5.41, 5.74) is 0. The highest BCUT2D eigenvalue weighted by atomic mass is 16.5. The van der Waals surface area contributed by atoms with E-state index in [2.05, 4.69) is 16.7 Å². The van der Waals surface area contributed by atoms with Crippen LogP contribution in [-0.4, -0.2) is 61.1 Å². The maximum Gasteiger partial charge on any atom is 0.323 e. The Balaban J connectivity index is 1.88. The van der Waals surface area contributed by atoms with Crippen LogP contribution in [-0.2, 0) is 9.53 Å². The Hall–Kier alpha value is -0.610. The second-order valence-corrected chi connectivity index (χ2v) is 6.22. The van der Waals surface area contributed by atoms with Crippen molar-refractivity contribution in [3.63, 3.8) is 0 Å². The molecule has 116 valence electrons. The van der Waals surface area contributed by atoms with Crippen molar-refractivity contribution in [2.24, 2.45) is 0 Å². The lowest BCUT2D eigenvalue weighted by atomic mass is 10.1. The van der Waals surface area contributed by atoms with Crippen LogP contribution in [0, 0.1) is 0 Å². The van der Waals surface area contributed by atoms with Crippen molar-refractivity contribution in [3.8, 4) is 0 Å². The van der Waals surface area contributed by atoms with Crippen molar-refractivity contribution in [2.45, 2.75) is 64.0 Å². The summed E-state index contributed by atoms with van der Waals surface area (Å²) in [6.07, 6.45) is 8.45. The Kier molecular flexibility index (Phi) is 6.30. The van der Waals surface area contributed by atoms with Gasteiger partial charge in [0.2, 0.25) is 0 Å². The molecule has 2 rings (SSSR count). The zero-order chi connectivity index (χ0) is 14.4. The fraction of sp³-hybridized carbons (Fsp3) is 0.938. The Morgan fingerprint density at radius 3 is 2.65 bits per heavy atom. The number of rotatable bonds is 6. The topological polar surface area (TPSA) is 32.8 Å². The van der Waals surface area contributed by atoms with E-state index in [4.69, 9.17) is 4.74 Å². The summed E-state index contributed by atoms with van der Waals surface area (Å²) in [7, 11) is 1.51. The van der Waals surface area contributed by atoms with E-state index in [9.17, 15) is 4.79 Å². The van der Waals surface area contributed by atoms with Crippen LogP contribution < -0.4 is 0 Å². The Labute approximate surface area is 123 Å². The summed E-state index contributed by atoms with van der Waals surface area (Å²) >= 11 is 0. The van der Waals surface area contributed by atoms with E-state index in [0.29, 0.717) is 6.04 Å². The minimum atomic E-state index is -0.0438. The smallest absolute Gasteiger partial charge is 0.323 e. The van der Waals surface area contributed by atoms with Crippen LogP contribution in [0.1, 0.15) is 51.9 Å². The number of esters is 1. The molecule has 2 saturated heterocycles. The third kappa shape index (κ3) is 3.95. The number of carbonyl (C=O) groups excluding carboxylic acids is 1. The van der Waals surface area contributed by atoms with Gasteiger partial charge in [0.15, 0.2) is 0 Å². The van der Waals surface area contributed by atoms with Gasteiger partial charge in [0, 0.05) is 19.1 Å². The SMILES string of the molecule is CCCCC(C(=O)OC)N1CCC(N2CCCCC2)C1. The fourth-order valence-electron chi connectivity index (χ4n) is 3.62. The third-order valence-electron chi connectivity index (χ3n) is 4.85. The van der Waals surface area contributed by atoms with Crippen LogP contribution in [0.3, 0.4) is 0 Å². The third-order valence-corrected chi connectivity index (χ3v) is 4.85. The number of hydrogen-bond donors (Lipinski definition) is 0. The molecule has 0 radical (unpaired) electrons. The van der Waals surface area contributed by atoms with Gasteiger partial charge >= 0.3 is 5.97 Å². The van der Waals surface area contributed by atoms with Crippen molar-refractivity contribution in [1.29, 1.82) is 0 Å². The molecule has 4 heteroatoms. The highest BCUT2D eigenvalue weighted by Crippen LogP contribution is 2.23. The van der Waals surface area contributed by atoms with E-state index in [0.717, 1.165) is 32.4 Å². The predicted octanol–water partition coefficient (Wildman–Crippen LogP) is 2.28. The Morgan fingerprint density at radius 2 is 2.00 bits per heavy atom. The Morgan fingerprint density at radius 1 is 1.25 bits per heavy atom. The predicted molar refractivity (Wildman–Crippen MR) is 80.7 cm³/mol. The van der Waals surface area contributed by atoms with E-state index in [1.165, 1.54) is 45.9 Å². The minimum absolute atomic E-state index is 0.0188. The number of ether oxygens (including phenoxy) is 1.